The molecule has 0 radical (unpaired) electrons. The molecule has 0 bridgehead atoms. The van der Waals surface area contributed by atoms with E-state index in [0.717, 1.165) is 13.0 Å². The van der Waals surface area contributed by atoms with Gasteiger partial charge in [-0.2, -0.15) is 0 Å². The van der Waals surface area contributed by atoms with Crippen molar-refractivity contribution < 1.29 is 9.53 Å². The number of ether oxygens (including phenoxy) is 1. The van der Waals surface area contributed by atoms with Crippen molar-refractivity contribution in [3.8, 4) is 0 Å². The maximum absolute atomic E-state index is 12.2. The molecule has 6 heteroatoms. The number of pyridine rings is 1. The Labute approximate surface area is 129 Å². The molecule has 1 amide bonds. The molecule has 1 aromatic heterocycles. The van der Waals surface area contributed by atoms with E-state index in [1.165, 1.54) is 19.0 Å². The molecule has 1 aliphatic heterocycles. The summed E-state index contributed by atoms with van der Waals surface area (Å²) in [6, 6.07) is 3.39. The van der Waals surface area contributed by atoms with Crippen molar-refractivity contribution in [2.75, 3.05) is 11.9 Å². The molecule has 1 aromatic rings. The van der Waals surface area contributed by atoms with Gasteiger partial charge < -0.3 is 15.4 Å². The van der Waals surface area contributed by atoms with Crippen LogP contribution in [0.5, 0.6) is 0 Å². The summed E-state index contributed by atoms with van der Waals surface area (Å²) in [6.07, 6.45) is 5.26. The van der Waals surface area contributed by atoms with Crippen molar-refractivity contribution in [2.24, 2.45) is 5.92 Å². The third-order valence-electron chi connectivity index (χ3n) is 4.06. The summed E-state index contributed by atoms with van der Waals surface area (Å²) in [5, 5.41) is 6.73. The summed E-state index contributed by atoms with van der Waals surface area (Å²) < 4.78 is 5.78. The van der Waals surface area contributed by atoms with Crippen molar-refractivity contribution >= 4 is 23.3 Å². The zero-order valence-electron chi connectivity index (χ0n) is 12.0. The molecule has 1 aliphatic carbocycles. The van der Waals surface area contributed by atoms with Gasteiger partial charge >= 0.3 is 0 Å². The van der Waals surface area contributed by atoms with Crippen LogP contribution in [0.4, 0.5) is 5.82 Å². The van der Waals surface area contributed by atoms with Gasteiger partial charge in [-0.15, -0.1) is 0 Å². The minimum atomic E-state index is -0.282. The van der Waals surface area contributed by atoms with Gasteiger partial charge in [0.2, 0.25) is 5.91 Å². The first-order valence-electron chi connectivity index (χ1n) is 7.43. The van der Waals surface area contributed by atoms with Gasteiger partial charge in [-0.25, -0.2) is 4.98 Å². The van der Waals surface area contributed by atoms with E-state index in [-0.39, 0.29) is 24.1 Å². The lowest BCUT2D eigenvalue weighted by Crippen LogP contribution is -2.47. The number of nitrogens with one attached hydrogen (secondary N) is 2. The predicted molar refractivity (Wildman–Crippen MR) is 81.3 cm³/mol. The van der Waals surface area contributed by atoms with Gasteiger partial charge in [-0.3, -0.25) is 4.79 Å². The van der Waals surface area contributed by atoms with Gasteiger partial charge in [-0.1, -0.05) is 11.6 Å². The third kappa shape index (κ3) is 3.73. The van der Waals surface area contributed by atoms with Crippen LogP contribution in [0.15, 0.2) is 18.3 Å². The summed E-state index contributed by atoms with van der Waals surface area (Å²) in [5.41, 5.74) is 0. The highest BCUT2D eigenvalue weighted by Crippen LogP contribution is 2.38. The average molecular weight is 310 g/mol. The van der Waals surface area contributed by atoms with Crippen LogP contribution in [0.2, 0.25) is 5.02 Å². The van der Waals surface area contributed by atoms with Gasteiger partial charge in [0.15, 0.2) is 0 Å². The van der Waals surface area contributed by atoms with E-state index in [2.05, 4.69) is 15.6 Å². The van der Waals surface area contributed by atoms with Crippen molar-refractivity contribution in [3.63, 3.8) is 0 Å². The van der Waals surface area contributed by atoms with E-state index in [4.69, 9.17) is 16.3 Å². The SMILES string of the molecule is CC(NC1CCOC1C1CC1)C(=O)Nc1ccc(Cl)cn1. The fourth-order valence-electron chi connectivity index (χ4n) is 2.76. The fraction of sp³-hybridized carbons (Fsp3) is 0.600. The Kier molecular flexibility index (Phi) is 4.42. The molecule has 1 saturated carbocycles. The van der Waals surface area contributed by atoms with Crippen LogP contribution < -0.4 is 10.6 Å². The average Bonchev–Trinajstić information content (AvgIpc) is 3.21. The van der Waals surface area contributed by atoms with Gasteiger partial charge in [0.25, 0.3) is 0 Å². The second-order valence-electron chi connectivity index (χ2n) is 5.81. The topological polar surface area (TPSA) is 63.2 Å². The Hall–Kier alpha value is -1.17. The van der Waals surface area contributed by atoms with Crippen LogP contribution in [0, 0.1) is 5.92 Å². The van der Waals surface area contributed by atoms with Crippen LogP contribution in [0.3, 0.4) is 0 Å². The molecule has 2 heterocycles. The van der Waals surface area contributed by atoms with Gasteiger partial charge in [0.05, 0.1) is 17.2 Å². The number of amides is 1. The molecule has 1 saturated heterocycles. The van der Waals surface area contributed by atoms with E-state index in [0.29, 0.717) is 16.8 Å². The molecule has 3 atom stereocenters. The molecule has 2 aliphatic rings. The summed E-state index contributed by atoms with van der Waals surface area (Å²) in [4.78, 5) is 16.3. The highest BCUT2D eigenvalue weighted by atomic mass is 35.5. The Morgan fingerprint density at radius 1 is 1.43 bits per heavy atom. The highest BCUT2D eigenvalue weighted by Gasteiger charge is 2.41. The van der Waals surface area contributed by atoms with E-state index in [1.54, 1.807) is 12.1 Å². The van der Waals surface area contributed by atoms with Crippen LogP contribution in [-0.4, -0.2) is 35.7 Å². The molecule has 21 heavy (non-hydrogen) atoms. The predicted octanol–water partition coefficient (Wildman–Crippen LogP) is 2.22. The normalized spacial score (nSPS) is 26.6. The number of anilines is 1. The Balaban J connectivity index is 1.53. The second-order valence-corrected chi connectivity index (χ2v) is 6.24. The second kappa shape index (κ2) is 6.30. The monoisotopic (exact) mass is 309 g/mol. The zero-order chi connectivity index (χ0) is 14.8. The summed E-state index contributed by atoms with van der Waals surface area (Å²) in [6.45, 7) is 2.65. The first-order valence-corrected chi connectivity index (χ1v) is 7.81. The largest absolute Gasteiger partial charge is 0.376 e. The number of hydrogen-bond donors (Lipinski definition) is 2. The number of carbonyl (C=O) groups is 1. The summed E-state index contributed by atoms with van der Waals surface area (Å²) >= 11 is 5.77. The number of carbonyl (C=O) groups excluding carboxylic acids is 1. The van der Waals surface area contributed by atoms with Crippen LogP contribution in [-0.2, 0) is 9.53 Å². The lowest BCUT2D eigenvalue weighted by Gasteiger charge is -2.23. The standard InChI is InChI=1S/C15H20ClN3O2/c1-9(15(20)19-13-5-4-11(16)8-17-13)18-12-6-7-21-14(12)10-2-3-10/h4-5,8-10,12,14,18H,2-3,6-7H2,1H3,(H,17,19,20). The molecular weight excluding hydrogens is 290 g/mol. The summed E-state index contributed by atoms with van der Waals surface area (Å²) in [7, 11) is 0. The maximum Gasteiger partial charge on any atom is 0.242 e. The highest BCUT2D eigenvalue weighted by molar-refractivity contribution is 6.30. The minimum absolute atomic E-state index is 0.0914. The molecule has 3 rings (SSSR count). The molecule has 0 spiro atoms. The molecular formula is C15H20ClN3O2. The van der Waals surface area contributed by atoms with Crippen molar-refractivity contribution in [1.29, 1.82) is 0 Å². The van der Waals surface area contributed by atoms with Crippen LogP contribution >= 0.6 is 11.6 Å². The first kappa shape index (κ1) is 14.8. The van der Waals surface area contributed by atoms with E-state index >= 15 is 0 Å². The summed E-state index contributed by atoms with van der Waals surface area (Å²) in [5.74, 6) is 1.10. The van der Waals surface area contributed by atoms with Gasteiger partial charge in [0.1, 0.15) is 5.82 Å². The minimum Gasteiger partial charge on any atom is -0.376 e. The fourth-order valence-corrected chi connectivity index (χ4v) is 2.87. The number of hydrogen-bond acceptors (Lipinski definition) is 4. The molecule has 114 valence electrons. The van der Waals surface area contributed by atoms with Gasteiger partial charge in [-0.05, 0) is 44.2 Å². The van der Waals surface area contributed by atoms with E-state index < -0.39 is 0 Å². The molecule has 5 nitrogen and oxygen atoms in total. The van der Waals surface area contributed by atoms with Crippen LogP contribution in [0.1, 0.15) is 26.2 Å². The van der Waals surface area contributed by atoms with Gasteiger partial charge in [0, 0.05) is 18.8 Å². The van der Waals surface area contributed by atoms with Crippen molar-refractivity contribution in [1.82, 2.24) is 10.3 Å². The lowest BCUT2D eigenvalue weighted by molar-refractivity contribution is -0.118. The van der Waals surface area contributed by atoms with Crippen molar-refractivity contribution in [2.45, 2.75) is 44.4 Å². The zero-order valence-corrected chi connectivity index (χ0v) is 12.8. The number of halogens is 1. The van der Waals surface area contributed by atoms with E-state index in [1.807, 2.05) is 6.92 Å². The molecule has 3 unspecified atom stereocenters. The lowest BCUT2D eigenvalue weighted by atomic mass is 10.1. The van der Waals surface area contributed by atoms with E-state index in [9.17, 15) is 4.79 Å². The Morgan fingerprint density at radius 3 is 2.90 bits per heavy atom. The smallest absolute Gasteiger partial charge is 0.242 e. The number of rotatable bonds is 5. The molecule has 2 N–H and O–H groups in total. The Bertz CT molecular complexity index is 504. The number of nitrogens with zero attached hydrogens (tertiary/aromatic N) is 1. The molecule has 0 aromatic carbocycles. The maximum atomic E-state index is 12.2. The Morgan fingerprint density at radius 2 is 2.24 bits per heavy atom. The first-order chi connectivity index (χ1) is 10.1. The molecule has 2 fully saturated rings. The quantitative estimate of drug-likeness (QED) is 0.875. The number of aromatic nitrogens is 1. The third-order valence-corrected chi connectivity index (χ3v) is 4.28. The van der Waals surface area contributed by atoms with Crippen molar-refractivity contribution in [3.05, 3.63) is 23.4 Å². The van der Waals surface area contributed by atoms with Crippen LogP contribution in [0.25, 0.3) is 0 Å².